The van der Waals surface area contributed by atoms with E-state index in [4.69, 9.17) is 11.6 Å². The molecule has 1 aliphatic heterocycles. The highest BCUT2D eigenvalue weighted by atomic mass is 35.5. The fourth-order valence-electron chi connectivity index (χ4n) is 3.69. The summed E-state index contributed by atoms with van der Waals surface area (Å²) in [5.41, 5.74) is 2.63. The van der Waals surface area contributed by atoms with E-state index in [0.717, 1.165) is 16.7 Å². The number of carbonyl (C=O) groups excluding carboxylic acids is 1. The first-order valence-electron chi connectivity index (χ1n) is 8.97. The number of carbonyl (C=O) groups is 1. The second-order valence-corrected chi connectivity index (χ2v) is 9.40. The number of sulfonamides is 1. The van der Waals surface area contributed by atoms with Crippen molar-refractivity contribution in [2.45, 2.75) is 25.7 Å². The maximum Gasteiger partial charge on any atom is 0.257 e. The van der Waals surface area contributed by atoms with E-state index in [1.54, 1.807) is 18.7 Å². The van der Waals surface area contributed by atoms with Crippen molar-refractivity contribution in [2.75, 3.05) is 26.2 Å². The number of rotatable bonds is 3. The number of phenolic OH excluding ortho intramolecular Hbond substituents is 1. The molecule has 0 radical (unpaired) electrons. The van der Waals surface area contributed by atoms with Gasteiger partial charge in [-0.15, -0.1) is 0 Å². The Labute approximate surface area is 170 Å². The Hall–Kier alpha value is -2.09. The molecule has 1 amide bonds. The molecule has 1 aliphatic rings. The third kappa shape index (κ3) is 3.87. The Balaban J connectivity index is 1.77. The van der Waals surface area contributed by atoms with Gasteiger partial charge in [0, 0.05) is 31.2 Å². The molecule has 0 unspecified atom stereocenters. The standard InChI is InChI=1S/C20H23ClN2O4S/c1-13-10-14(2)19(15(3)11-13)28(26,27)23-8-6-22(7-9-23)20(25)17-5-4-16(21)12-18(17)24/h4-5,10-12,24H,6-9H2,1-3H3. The number of piperazine rings is 1. The summed E-state index contributed by atoms with van der Waals surface area (Å²) in [6.07, 6.45) is 0. The lowest BCUT2D eigenvalue weighted by molar-refractivity contribution is 0.0695. The number of phenols is 1. The summed E-state index contributed by atoms with van der Waals surface area (Å²) in [7, 11) is -3.64. The smallest absolute Gasteiger partial charge is 0.257 e. The lowest BCUT2D eigenvalue weighted by Crippen LogP contribution is -2.50. The summed E-state index contributed by atoms with van der Waals surface area (Å²) in [6, 6.07) is 8.06. The van der Waals surface area contributed by atoms with Gasteiger partial charge in [-0.25, -0.2) is 8.42 Å². The van der Waals surface area contributed by atoms with Crippen LogP contribution in [0.15, 0.2) is 35.2 Å². The Morgan fingerprint density at radius 1 is 1.00 bits per heavy atom. The van der Waals surface area contributed by atoms with Gasteiger partial charge in [-0.1, -0.05) is 29.3 Å². The highest BCUT2D eigenvalue weighted by Gasteiger charge is 2.32. The first-order valence-corrected chi connectivity index (χ1v) is 10.8. The molecule has 0 aromatic heterocycles. The first-order chi connectivity index (χ1) is 13.1. The largest absolute Gasteiger partial charge is 0.507 e. The van der Waals surface area contributed by atoms with E-state index in [2.05, 4.69) is 0 Å². The molecule has 0 atom stereocenters. The number of aryl methyl sites for hydroxylation is 3. The highest BCUT2D eigenvalue weighted by Crippen LogP contribution is 2.27. The summed E-state index contributed by atoms with van der Waals surface area (Å²) in [5, 5.41) is 10.3. The van der Waals surface area contributed by atoms with Gasteiger partial charge in [0.15, 0.2) is 0 Å². The Kier molecular flexibility index (Phi) is 5.70. The SMILES string of the molecule is Cc1cc(C)c(S(=O)(=O)N2CCN(C(=O)c3ccc(Cl)cc3O)CC2)c(C)c1. The Bertz CT molecular complexity index is 1010. The molecule has 8 heteroatoms. The van der Waals surface area contributed by atoms with Crippen molar-refractivity contribution in [1.29, 1.82) is 0 Å². The average Bonchev–Trinajstić information content (AvgIpc) is 2.60. The second-order valence-electron chi connectivity index (χ2n) is 7.09. The number of hydrogen-bond donors (Lipinski definition) is 1. The van der Waals surface area contributed by atoms with E-state index in [0.29, 0.717) is 9.92 Å². The van der Waals surface area contributed by atoms with Gasteiger partial charge in [-0.05, 0) is 50.1 Å². The van der Waals surface area contributed by atoms with E-state index in [1.807, 2.05) is 19.1 Å². The molecule has 2 aromatic rings. The van der Waals surface area contributed by atoms with Crippen molar-refractivity contribution < 1.29 is 18.3 Å². The normalized spacial score (nSPS) is 15.6. The first kappa shape index (κ1) is 20.6. The van der Waals surface area contributed by atoms with Gasteiger partial charge in [-0.2, -0.15) is 4.31 Å². The fourth-order valence-corrected chi connectivity index (χ4v) is 5.69. The number of benzene rings is 2. The molecule has 1 fully saturated rings. The third-order valence-corrected chi connectivity index (χ3v) is 7.36. The molecule has 2 aromatic carbocycles. The van der Waals surface area contributed by atoms with Crippen LogP contribution in [0, 0.1) is 20.8 Å². The number of nitrogens with zero attached hydrogens (tertiary/aromatic N) is 2. The summed E-state index contributed by atoms with van der Waals surface area (Å²) < 4.78 is 27.7. The molecule has 1 saturated heterocycles. The Morgan fingerprint density at radius 2 is 1.57 bits per heavy atom. The minimum Gasteiger partial charge on any atom is -0.507 e. The predicted octanol–water partition coefficient (Wildman–Crippen LogP) is 3.12. The van der Waals surface area contributed by atoms with E-state index in [1.165, 1.54) is 22.5 Å². The molecule has 150 valence electrons. The molecule has 0 saturated carbocycles. The fraction of sp³-hybridized carbons (Fsp3) is 0.350. The minimum absolute atomic E-state index is 0.158. The van der Waals surface area contributed by atoms with Gasteiger partial charge in [0.05, 0.1) is 10.5 Å². The van der Waals surface area contributed by atoms with Gasteiger partial charge >= 0.3 is 0 Å². The zero-order valence-corrected chi connectivity index (χ0v) is 17.6. The van der Waals surface area contributed by atoms with Crippen molar-refractivity contribution in [2.24, 2.45) is 0 Å². The highest BCUT2D eigenvalue weighted by molar-refractivity contribution is 7.89. The van der Waals surface area contributed by atoms with Crippen LogP contribution >= 0.6 is 11.6 Å². The number of amides is 1. The topological polar surface area (TPSA) is 77.9 Å². The van der Waals surface area contributed by atoms with Gasteiger partial charge in [-0.3, -0.25) is 4.79 Å². The Morgan fingerprint density at radius 3 is 2.11 bits per heavy atom. The van der Waals surface area contributed by atoms with Gasteiger partial charge in [0.2, 0.25) is 10.0 Å². The molecule has 3 rings (SSSR count). The van der Waals surface area contributed by atoms with Crippen molar-refractivity contribution >= 4 is 27.5 Å². The summed E-state index contributed by atoms with van der Waals surface area (Å²) in [4.78, 5) is 14.5. The maximum atomic E-state index is 13.1. The van der Waals surface area contributed by atoms with Crippen molar-refractivity contribution in [3.63, 3.8) is 0 Å². The van der Waals surface area contributed by atoms with E-state index in [-0.39, 0.29) is 43.4 Å². The molecule has 1 heterocycles. The lowest BCUT2D eigenvalue weighted by atomic mass is 10.1. The van der Waals surface area contributed by atoms with Crippen LogP contribution in [0.2, 0.25) is 5.02 Å². The van der Waals surface area contributed by atoms with Crippen LogP contribution in [0.25, 0.3) is 0 Å². The molecular weight excluding hydrogens is 400 g/mol. The van der Waals surface area contributed by atoms with Crippen LogP contribution < -0.4 is 0 Å². The van der Waals surface area contributed by atoms with Crippen LogP contribution in [0.4, 0.5) is 0 Å². The summed E-state index contributed by atoms with van der Waals surface area (Å²) >= 11 is 5.81. The number of hydrogen-bond acceptors (Lipinski definition) is 4. The van der Waals surface area contributed by atoms with E-state index >= 15 is 0 Å². The number of halogens is 1. The van der Waals surface area contributed by atoms with Crippen LogP contribution in [0.1, 0.15) is 27.0 Å². The average molecular weight is 423 g/mol. The van der Waals surface area contributed by atoms with Gasteiger partial charge < -0.3 is 10.0 Å². The molecule has 0 bridgehead atoms. The molecule has 0 spiro atoms. The van der Waals surface area contributed by atoms with Crippen LogP contribution in [0.5, 0.6) is 5.75 Å². The van der Waals surface area contributed by atoms with Gasteiger partial charge in [0.25, 0.3) is 5.91 Å². The van der Waals surface area contributed by atoms with E-state index in [9.17, 15) is 18.3 Å². The molecule has 1 N–H and O–H groups in total. The van der Waals surface area contributed by atoms with Crippen LogP contribution in [0.3, 0.4) is 0 Å². The van der Waals surface area contributed by atoms with E-state index < -0.39 is 10.0 Å². The molecular formula is C20H23ClN2O4S. The molecule has 0 aliphatic carbocycles. The van der Waals surface area contributed by atoms with Crippen molar-refractivity contribution in [1.82, 2.24) is 9.21 Å². The quantitative estimate of drug-likeness (QED) is 0.824. The predicted molar refractivity (Wildman–Crippen MR) is 108 cm³/mol. The third-order valence-electron chi connectivity index (χ3n) is 4.92. The molecule has 28 heavy (non-hydrogen) atoms. The van der Waals surface area contributed by atoms with Crippen molar-refractivity contribution in [3.8, 4) is 5.75 Å². The minimum atomic E-state index is -3.64. The van der Waals surface area contributed by atoms with Crippen molar-refractivity contribution in [3.05, 3.63) is 57.6 Å². The summed E-state index contributed by atoms with van der Waals surface area (Å²) in [6.45, 7) is 6.46. The lowest BCUT2D eigenvalue weighted by Gasteiger charge is -2.34. The second kappa shape index (κ2) is 7.73. The zero-order valence-electron chi connectivity index (χ0n) is 16.1. The summed E-state index contributed by atoms with van der Waals surface area (Å²) in [5.74, 6) is -0.521. The van der Waals surface area contributed by atoms with Crippen LogP contribution in [-0.2, 0) is 10.0 Å². The monoisotopic (exact) mass is 422 g/mol. The maximum absolute atomic E-state index is 13.1. The van der Waals surface area contributed by atoms with Gasteiger partial charge in [0.1, 0.15) is 5.75 Å². The van der Waals surface area contributed by atoms with Crippen LogP contribution in [-0.4, -0.2) is 54.8 Å². The molecule has 6 nitrogen and oxygen atoms in total. The zero-order chi connectivity index (χ0) is 20.6. The number of aromatic hydroxyl groups is 1.